The van der Waals surface area contributed by atoms with Crippen LogP contribution < -0.4 is 20.7 Å². The zero-order valence-electron chi connectivity index (χ0n) is 27.7. The summed E-state index contributed by atoms with van der Waals surface area (Å²) in [6.45, 7) is 12.5. The first kappa shape index (κ1) is 34.4. The third-order valence-electron chi connectivity index (χ3n) is 9.28. The highest BCUT2D eigenvalue weighted by molar-refractivity contribution is 7.00. The lowest BCUT2D eigenvalue weighted by Crippen LogP contribution is -2.75. The summed E-state index contributed by atoms with van der Waals surface area (Å²) >= 11 is 0. The van der Waals surface area contributed by atoms with Gasteiger partial charge in [-0.1, -0.05) is 163 Å². The Morgan fingerprint density at radius 3 is 1.13 bits per heavy atom. The molecule has 0 aliphatic carbocycles. The zero-order chi connectivity index (χ0) is 33.2. The van der Waals surface area contributed by atoms with E-state index in [0.717, 1.165) is 20.7 Å². The van der Waals surface area contributed by atoms with E-state index in [-0.39, 0.29) is 0 Å². The van der Waals surface area contributed by atoms with Crippen molar-refractivity contribution in [1.29, 1.82) is 0 Å². The van der Waals surface area contributed by atoms with Gasteiger partial charge in [-0.25, -0.2) is 0 Å². The Balaban J connectivity index is 1.75. The second-order valence-electron chi connectivity index (χ2n) is 14.2. The molecular weight excluding hydrogens is 609 g/mol. The Labute approximate surface area is 275 Å². The molecule has 1 heterocycles. The van der Waals surface area contributed by atoms with Gasteiger partial charge < -0.3 is 28.9 Å². The second-order valence-corrected chi connectivity index (χ2v) is 22.7. The maximum atomic E-state index is 12.0. The lowest BCUT2D eigenvalue weighted by atomic mass is 9.99. The molecule has 0 spiro atoms. The van der Waals surface area contributed by atoms with Crippen LogP contribution in [0.3, 0.4) is 0 Å². The van der Waals surface area contributed by atoms with Crippen molar-refractivity contribution in [3.05, 3.63) is 121 Å². The first-order chi connectivity index (χ1) is 21.9. The first-order valence-electron chi connectivity index (χ1n) is 16.1. The monoisotopic (exact) mass is 656 g/mol. The summed E-state index contributed by atoms with van der Waals surface area (Å²) in [6.07, 6.45) is -5.92. The third-order valence-corrected chi connectivity index (χ3v) is 19.3. The molecule has 0 unspecified atom stereocenters. The van der Waals surface area contributed by atoms with Gasteiger partial charge in [-0.2, -0.15) is 0 Å². The Bertz CT molecular complexity index is 1440. The van der Waals surface area contributed by atoms with Gasteiger partial charge in [0.15, 0.2) is 6.29 Å². The van der Waals surface area contributed by atoms with Crippen LogP contribution in [0.2, 0.25) is 10.1 Å². The number of aliphatic hydroxyl groups is 3. The minimum absolute atomic E-state index is 0.407. The topological polar surface area (TPSA) is 88.4 Å². The standard InChI is InChI=1S/C38H48O6Si2/c1-37(2,3)45(28-19-11-7-12-20-28,29-21-13-8-14-22-29)43-34-33(40)32(27-39)42-36(41)35(34)44-46(38(4,5)6,30-23-15-9-16-24-30)31-25-17-10-18-26-31/h7-26,32-36,39-41H,27H2,1-6H3/t32-,33-,34+,35-,36+/m1/s1. The highest BCUT2D eigenvalue weighted by Gasteiger charge is 2.60. The highest BCUT2D eigenvalue weighted by atomic mass is 28.4. The van der Waals surface area contributed by atoms with E-state index in [1.807, 2.05) is 72.8 Å². The van der Waals surface area contributed by atoms with E-state index in [2.05, 4.69) is 90.1 Å². The van der Waals surface area contributed by atoms with Crippen LogP contribution in [-0.4, -0.2) is 69.3 Å². The fraction of sp³-hybridized carbons (Fsp3) is 0.368. The molecule has 8 heteroatoms. The van der Waals surface area contributed by atoms with Gasteiger partial charge in [-0.15, -0.1) is 0 Å². The predicted octanol–water partition coefficient (Wildman–Crippen LogP) is 3.95. The molecular formula is C38H48O6Si2. The van der Waals surface area contributed by atoms with E-state index >= 15 is 0 Å². The summed E-state index contributed by atoms with van der Waals surface area (Å²) in [7, 11) is -6.49. The fourth-order valence-electron chi connectivity index (χ4n) is 7.11. The van der Waals surface area contributed by atoms with E-state index in [9.17, 15) is 15.3 Å². The molecule has 6 nitrogen and oxygen atoms in total. The van der Waals surface area contributed by atoms with Gasteiger partial charge in [0.2, 0.25) is 0 Å². The largest absolute Gasteiger partial charge is 0.399 e. The number of benzene rings is 4. The lowest BCUT2D eigenvalue weighted by Gasteiger charge is -2.53. The van der Waals surface area contributed by atoms with Crippen LogP contribution in [0.5, 0.6) is 0 Å². The number of ether oxygens (including phenoxy) is 1. The predicted molar refractivity (Wildman–Crippen MR) is 189 cm³/mol. The Morgan fingerprint density at radius 1 is 0.543 bits per heavy atom. The van der Waals surface area contributed by atoms with Crippen LogP contribution in [0.1, 0.15) is 41.5 Å². The molecule has 0 radical (unpaired) electrons. The summed E-state index contributed by atoms with van der Waals surface area (Å²) in [5, 5.41) is 37.5. The van der Waals surface area contributed by atoms with Crippen molar-refractivity contribution in [2.24, 2.45) is 0 Å². The minimum Gasteiger partial charge on any atom is -0.399 e. The van der Waals surface area contributed by atoms with Gasteiger partial charge in [0.05, 0.1) is 6.61 Å². The van der Waals surface area contributed by atoms with Gasteiger partial charge >= 0.3 is 0 Å². The van der Waals surface area contributed by atoms with E-state index in [4.69, 9.17) is 13.6 Å². The van der Waals surface area contributed by atoms with E-state index in [0.29, 0.717) is 0 Å². The summed E-state index contributed by atoms with van der Waals surface area (Å²) in [4.78, 5) is 0. The third kappa shape index (κ3) is 6.21. The van der Waals surface area contributed by atoms with Crippen LogP contribution >= 0.6 is 0 Å². The number of hydrogen-bond acceptors (Lipinski definition) is 6. The van der Waals surface area contributed by atoms with Crippen LogP contribution in [0, 0.1) is 0 Å². The van der Waals surface area contributed by atoms with Crippen LogP contribution in [0.25, 0.3) is 0 Å². The average Bonchev–Trinajstić information content (AvgIpc) is 3.05. The average molecular weight is 657 g/mol. The molecule has 3 N–H and O–H groups in total. The van der Waals surface area contributed by atoms with E-state index in [1.54, 1.807) is 0 Å². The van der Waals surface area contributed by atoms with Crippen molar-refractivity contribution >= 4 is 37.4 Å². The quantitative estimate of drug-likeness (QED) is 0.237. The lowest BCUT2D eigenvalue weighted by molar-refractivity contribution is -0.279. The molecule has 1 saturated heterocycles. The smallest absolute Gasteiger partial charge is 0.261 e. The van der Waals surface area contributed by atoms with Crippen LogP contribution in [-0.2, 0) is 13.6 Å². The molecule has 0 saturated carbocycles. The van der Waals surface area contributed by atoms with Crippen molar-refractivity contribution in [3.63, 3.8) is 0 Å². The fourth-order valence-corrected chi connectivity index (χ4v) is 16.5. The summed E-state index contributed by atoms with van der Waals surface area (Å²) < 4.78 is 20.9. The van der Waals surface area contributed by atoms with Crippen LogP contribution in [0.4, 0.5) is 0 Å². The van der Waals surface area contributed by atoms with Crippen LogP contribution in [0.15, 0.2) is 121 Å². The molecule has 1 aliphatic rings. The van der Waals surface area contributed by atoms with Crippen molar-refractivity contribution in [2.75, 3.05) is 6.61 Å². The Morgan fingerprint density at radius 2 is 0.848 bits per heavy atom. The Hall–Kier alpha value is -2.93. The molecule has 5 rings (SSSR count). The molecule has 5 atom stereocenters. The summed E-state index contributed by atoms with van der Waals surface area (Å²) in [5.41, 5.74) is 0. The van der Waals surface area contributed by atoms with Crippen molar-refractivity contribution in [3.8, 4) is 0 Å². The normalized spacial score (nSPS) is 22.8. The van der Waals surface area contributed by atoms with Gasteiger partial charge in [-0.3, -0.25) is 0 Å². The Kier molecular flexibility index (Phi) is 10.2. The maximum Gasteiger partial charge on any atom is 0.261 e. The van der Waals surface area contributed by atoms with Crippen molar-refractivity contribution < 1.29 is 28.9 Å². The second kappa shape index (κ2) is 13.7. The summed E-state index contributed by atoms with van der Waals surface area (Å²) in [5.74, 6) is 0. The first-order valence-corrected chi connectivity index (χ1v) is 19.9. The number of aliphatic hydroxyl groups excluding tert-OH is 3. The van der Waals surface area contributed by atoms with Gasteiger partial charge in [0, 0.05) is 0 Å². The molecule has 46 heavy (non-hydrogen) atoms. The molecule has 0 aromatic heterocycles. The SMILES string of the molecule is CC(C)(C)[Si](O[C@@H]1[C@@H](O[Si](c2ccccc2)(c2ccccc2)C(C)(C)C)[C@H](O)[C@@H](CO)O[C@@H]1O)(c1ccccc1)c1ccccc1. The molecule has 0 bridgehead atoms. The van der Waals surface area contributed by atoms with E-state index in [1.165, 1.54) is 0 Å². The van der Waals surface area contributed by atoms with Gasteiger partial charge in [-0.05, 0) is 30.8 Å². The molecule has 1 aliphatic heterocycles. The number of hydrogen-bond donors (Lipinski definition) is 3. The zero-order valence-corrected chi connectivity index (χ0v) is 29.7. The van der Waals surface area contributed by atoms with Crippen molar-refractivity contribution in [1.82, 2.24) is 0 Å². The molecule has 0 amide bonds. The minimum atomic E-state index is -3.24. The number of rotatable bonds is 9. The molecule has 4 aromatic carbocycles. The summed E-state index contributed by atoms with van der Waals surface area (Å²) in [6, 6.07) is 40.7. The molecule has 244 valence electrons. The van der Waals surface area contributed by atoms with Crippen molar-refractivity contribution in [2.45, 2.75) is 82.3 Å². The molecule has 4 aromatic rings. The highest BCUT2D eigenvalue weighted by Crippen LogP contribution is 2.43. The molecule has 1 fully saturated rings. The maximum absolute atomic E-state index is 12.0. The van der Waals surface area contributed by atoms with Gasteiger partial charge in [0.25, 0.3) is 16.6 Å². The van der Waals surface area contributed by atoms with E-state index < -0.39 is 64.0 Å². The van der Waals surface area contributed by atoms with Gasteiger partial charge in [0.1, 0.15) is 24.4 Å².